The van der Waals surface area contributed by atoms with Crippen LogP contribution in [0.15, 0.2) is 42.5 Å². The van der Waals surface area contributed by atoms with E-state index in [9.17, 15) is 14.3 Å². The van der Waals surface area contributed by atoms with Crippen LogP contribution in [-0.2, 0) is 11.2 Å². The molecule has 6 heteroatoms. The Morgan fingerprint density at radius 1 is 1.24 bits per heavy atom. The van der Waals surface area contributed by atoms with Gasteiger partial charge in [-0.15, -0.1) is 0 Å². The van der Waals surface area contributed by atoms with Gasteiger partial charge in [0.1, 0.15) is 22.9 Å². The highest BCUT2D eigenvalue weighted by Gasteiger charge is 2.30. The second kappa shape index (κ2) is 10.4. The summed E-state index contributed by atoms with van der Waals surface area (Å²) in [5, 5.41) is 13.6. The van der Waals surface area contributed by atoms with Gasteiger partial charge in [0.05, 0.1) is 12.1 Å². The molecule has 1 aliphatic rings. The first-order valence-electron chi connectivity index (χ1n) is 11.5. The van der Waals surface area contributed by atoms with E-state index in [-0.39, 0.29) is 29.9 Å². The van der Waals surface area contributed by atoms with Gasteiger partial charge in [-0.3, -0.25) is 9.69 Å². The number of phenols is 1. The smallest absolute Gasteiger partial charge is 0.233 e. The Hall–Kier alpha value is -2.86. The summed E-state index contributed by atoms with van der Waals surface area (Å²) in [6, 6.07) is 10.5. The van der Waals surface area contributed by atoms with Gasteiger partial charge in [-0.1, -0.05) is 19.1 Å². The quantitative estimate of drug-likeness (QED) is 0.566. The molecule has 1 heterocycles. The van der Waals surface area contributed by atoms with E-state index in [2.05, 4.69) is 12.2 Å². The lowest BCUT2D eigenvalue weighted by molar-refractivity contribution is -0.121. The van der Waals surface area contributed by atoms with Crippen LogP contribution >= 0.6 is 0 Å². The zero-order valence-corrected chi connectivity index (χ0v) is 20.2. The number of nitrogens with one attached hydrogen (secondary N) is 1. The van der Waals surface area contributed by atoms with Crippen molar-refractivity contribution in [2.45, 2.75) is 51.6 Å². The number of amides is 1. The molecule has 1 aliphatic heterocycles. The molecule has 1 atom stereocenters. The summed E-state index contributed by atoms with van der Waals surface area (Å²) in [5.41, 5.74) is 3.27. The van der Waals surface area contributed by atoms with Crippen LogP contribution in [0, 0.1) is 5.82 Å². The third-order valence-corrected chi connectivity index (χ3v) is 6.04. The Bertz CT molecular complexity index is 1010. The summed E-state index contributed by atoms with van der Waals surface area (Å²) in [7, 11) is 3.50. The Balaban J connectivity index is 1.74. The van der Waals surface area contributed by atoms with E-state index in [0.29, 0.717) is 17.9 Å². The molecule has 0 aliphatic carbocycles. The fraction of sp³-hybridized carbons (Fsp3) is 0.444. The normalized spacial score (nSPS) is 15.4. The molecule has 2 N–H and O–H groups in total. The molecule has 0 radical (unpaired) electrons. The van der Waals surface area contributed by atoms with Gasteiger partial charge in [-0.2, -0.15) is 0 Å². The van der Waals surface area contributed by atoms with Crippen molar-refractivity contribution < 1.29 is 19.0 Å². The van der Waals surface area contributed by atoms with Crippen LogP contribution in [0.3, 0.4) is 0 Å². The van der Waals surface area contributed by atoms with Crippen LogP contribution in [0.1, 0.15) is 56.2 Å². The number of phenolic OH excluding ortho intramolecular Hbond substituents is 1. The van der Waals surface area contributed by atoms with Crippen molar-refractivity contribution >= 4 is 11.5 Å². The van der Waals surface area contributed by atoms with Crippen LogP contribution in [0.2, 0.25) is 0 Å². The number of benzene rings is 2. The maximum absolute atomic E-state index is 13.1. The molecule has 0 saturated heterocycles. The Labute approximate surface area is 196 Å². The molecule has 0 spiro atoms. The average molecular weight is 455 g/mol. The largest absolute Gasteiger partial charge is 0.507 e. The first kappa shape index (κ1) is 24.8. The van der Waals surface area contributed by atoms with E-state index in [0.717, 1.165) is 36.0 Å². The molecular formula is C27H35FN2O3. The van der Waals surface area contributed by atoms with Gasteiger partial charge in [0.2, 0.25) is 5.91 Å². The topological polar surface area (TPSA) is 61.8 Å². The molecule has 33 heavy (non-hydrogen) atoms. The second-order valence-corrected chi connectivity index (χ2v) is 9.55. The number of rotatable bonds is 9. The third kappa shape index (κ3) is 6.57. The van der Waals surface area contributed by atoms with Gasteiger partial charge in [0.15, 0.2) is 0 Å². The third-order valence-electron chi connectivity index (χ3n) is 6.04. The van der Waals surface area contributed by atoms with E-state index in [1.54, 1.807) is 7.05 Å². The zero-order valence-electron chi connectivity index (χ0n) is 20.2. The van der Waals surface area contributed by atoms with Crippen molar-refractivity contribution in [2.24, 2.45) is 0 Å². The minimum atomic E-state index is -0.521. The number of carbonyl (C=O) groups is 1. The maximum atomic E-state index is 13.1. The van der Waals surface area contributed by atoms with Crippen molar-refractivity contribution in [1.82, 2.24) is 10.2 Å². The molecule has 0 fully saturated rings. The van der Waals surface area contributed by atoms with Crippen molar-refractivity contribution in [3.63, 3.8) is 0 Å². The van der Waals surface area contributed by atoms with Crippen LogP contribution < -0.4 is 10.1 Å². The number of aromatic hydroxyl groups is 1. The lowest BCUT2D eigenvalue weighted by Crippen LogP contribution is -2.36. The summed E-state index contributed by atoms with van der Waals surface area (Å²) in [4.78, 5) is 13.7. The van der Waals surface area contributed by atoms with E-state index in [4.69, 9.17) is 4.74 Å². The summed E-state index contributed by atoms with van der Waals surface area (Å²) in [6.45, 7) is 6.92. The number of fused-ring (bicyclic) bond motifs is 1. The van der Waals surface area contributed by atoms with Crippen LogP contribution in [0.4, 0.5) is 4.39 Å². The fourth-order valence-corrected chi connectivity index (χ4v) is 4.34. The van der Waals surface area contributed by atoms with Crippen molar-refractivity contribution in [2.75, 3.05) is 27.2 Å². The summed E-state index contributed by atoms with van der Waals surface area (Å²) in [5.74, 6) is 0.833. The standard InChI is InChI=1S/C27H35FN2O3/c1-18(7-6-8-19-9-11-22(28)12-10-19)20-13-23(31)26-21(16-30(5)17-25(32)29-4)15-27(2,3)33-24(26)14-20/h9-15,18,31H,6-8,16-17H2,1-5H3,(H,29,32). The monoisotopic (exact) mass is 454 g/mol. The van der Waals surface area contributed by atoms with Crippen molar-refractivity contribution in [3.8, 4) is 11.5 Å². The van der Waals surface area contributed by atoms with Crippen LogP contribution in [0.25, 0.3) is 5.57 Å². The maximum Gasteiger partial charge on any atom is 0.233 e. The van der Waals surface area contributed by atoms with Gasteiger partial charge in [0, 0.05) is 13.6 Å². The van der Waals surface area contributed by atoms with Crippen LogP contribution in [-0.4, -0.2) is 48.7 Å². The summed E-state index contributed by atoms with van der Waals surface area (Å²) >= 11 is 0. The number of aryl methyl sites for hydroxylation is 1. The number of ether oxygens (including phenoxy) is 1. The summed E-state index contributed by atoms with van der Waals surface area (Å²) < 4.78 is 19.3. The zero-order chi connectivity index (χ0) is 24.2. The lowest BCUT2D eigenvalue weighted by Gasteiger charge is -2.33. The molecule has 0 aromatic heterocycles. The predicted molar refractivity (Wildman–Crippen MR) is 130 cm³/mol. The molecule has 2 aromatic rings. The number of carbonyl (C=O) groups excluding carboxylic acids is 1. The van der Waals surface area contributed by atoms with E-state index in [1.807, 2.05) is 56.1 Å². The number of halogens is 1. The first-order chi connectivity index (χ1) is 15.6. The van der Waals surface area contributed by atoms with E-state index >= 15 is 0 Å². The number of nitrogens with zero attached hydrogens (tertiary/aromatic N) is 1. The minimum absolute atomic E-state index is 0.0568. The predicted octanol–water partition coefficient (Wildman–Crippen LogP) is 4.89. The van der Waals surface area contributed by atoms with Gasteiger partial charge in [0.25, 0.3) is 0 Å². The molecule has 1 unspecified atom stereocenters. The van der Waals surface area contributed by atoms with Crippen LogP contribution in [0.5, 0.6) is 11.5 Å². The number of likely N-dealkylation sites (N-methyl/N-ethyl adjacent to an activating group) is 2. The Morgan fingerprint density at radius 3 is 2.61 bits per heavy atom. The molecule has 2 aromatic carbocycles. The Morgan fingerprint density at radius 2 is 1.94 bits per heavy atom. The number of hydrogen-bond donors (Lipinski definition) is 2. The molecule has 0 bridgehead atoms. The molecule has 5 nitrogen and oxygen atoms in total. The first-order valence-corrected chi connectivity index (χ1v) is 11.5. The highest BCUT2D eigenvalue weighted by atomic mass is 19.1. The van der Waals surface area contributed by atoms with Gasteiger partial charge < -0.3 is 15.2 Å². The SMILES string of the molecule is CNC(=O)CN(C)CC1=CC(C)(C)Oc2cc(C(C)CCCc3ccc(F)cc3)cc(O)c21. The van der Waals surface area contributed by atoms with Crippen molar-refractivity contribution in [3.05, 3.63) is 65.0 Å². The summed E-state index contributed by atoms with van der Waals surface area (Å²) in [6.07, 6.45) is 4.81. The molecule has 0 saturated carbocycles. The minimum Gasteiger partial charge on any atom is -0.507 e. The van der Waals surface area contributed by atoms with Gasteiger partial charge in [-0.05, 0) is 93.1 Å². The highest BCUT2D eigenvalue weighted by Crippen LogP contribution is 2.44. The Kier molecular flexibility index (Phi) is 7.80. The molecule has 1 amide bonds. The highest BCUT2D eigenvalue weighted by molar-refractivity contribution is 5.81. The molecular weight excluding hydrogens is 419 g/mol. The average Bonchev–Trinajstić information content (AvgIpc) is 2.73. The van der Waals surface area contributed by atoms with Crippen molar-refractivity contribution in [1.29, 1.82) is 0 Å². The van der Waals surface area contributed by atoms with E-state index in [1.165, 1.54) is 12.1 Å². The fourth-order valence-electron chi connectivity index (χ4n) is 4.34. The number of hydrogen-bond acceptors (Lipinski definition) is 4. The van der Waals surface area contributed by atoms with E-state index < -0.39 is 5.60 Å². The molecule has 3 rings (SSSR count). The van der Waals surface area contributed by atoms with Gasteiger partial charge >= 0.3 is 0 Å². The second-order valence-electron chi connectivity index (χ2n) is 9.55. The lowest BCUT2D eigenvalue weighted by atomic mass is 9.88. The molecule has 178 valence electrons. The van der Waals surface area contributed by atoms with Gasteiger partial charge in [-0.25, -0.2) is 4.39 Å².